The third kappa shape index (κ3) is 8.15. The van der Waals surface area contributed by atoms with Gasteiger partial charge in [-0.15, -0.1) is 0 Å². The summed E-state index contributed by atoms with van der Waals surface area (Å²) in [4.78, 5) is 28.6. The molecule has 0 aromatic rings. The summed E-state index contributed by atoms with van der Waals surface area (Å²) < 4.78 is 44.6. The van der Waals surface area contributed by atoms with Gasteiger partial charge in [0.05, 0.1) is 12.7 Å². The maximum absolute atomic E-state index is 13.1. The van der Waals surface area contributed by atoms with Gasteiger partial charge in [-0.25, -0.2) is 9.13 Å². The van der Waals surface area contributed by atoms with E-state index in [4.69, 9.17) is 23.6 Å². The van der Waals surface area contributed by atoms with E-state index in [0.29, 0.717) is 30.1 Å². The molecule has 47 heavy (non-hydrogen) atoms. The van der Waals surface area contributed by atoms with Gasteiger partial charge in [0.1, 0.15) is 24.4 Å². The van der Waals surface area contributed by atoms with E-state index < -0.39 is 59.1 Å². The number of hydrogen-bond acceptors (Lipinski definition) is 9. The molecule has 12 nitrogen and oxygen atoms in total. The Morgan fingerprint density at radius 3 is 2.32 bits per heavy atom. The van der Waals surface area contributed by atoms with Gasteiger partial charge in [0.15, 0.2) is 6.29 Å². The molecule has 0 amide bonds. The minimum absolute atomic E-state index is 0.000365. The maximum atomic E-state index is 13.1. The minimum atomic E-state index is -4.94. The molecule has 1 heterocycles. The Morgan fingerprint density at radius 2 is 1.64 bits per heavy atom. The summed E-state index contributed by atoms with van der Waals surface area (Å²) in [6, 6.07) is 0. The summed E-state index contributed by atoms with van der Waals surface area (Å²) in [5.74, 6) is 4.23. The lowest BCUT2D eigenvalue weighted by molar-refractivity contribution is -0.280. The summed E-state index contributed by atoms with van der Waals surface area (Å²) in [5.41, 5.74) is 1.65. The molecule has 0 aromatic carbocycles. The second kappa shape index (κ2) is 14.4. The quantitative estimate of drug-likeness (QED) is 0.111. The van der Waals surface area contributed by atoms with Gasteiger partial charge in [0.25, 0.3) is 0 Å². The number of rotatable bonds is 12. The van der Waals surface area contributed by atoms with Gasteiger partial charge in [-0.1, -0.05) is 65.5 Å². The summed E-state index contributed by atoms with van der Waals surface area (Å²) in [7, 11) is -9.78. The van der Waals surface area contributed by atoms with Gasteiger partial charge in [-0.05, 0) is 97.7 Å². The SMILES string of the molecule is CC(C)CCC[C@@H](C)[C@H]1CC[C@H]2[C@@H]3CC=C4C[C@@H](OP(=O)(O)O[C@H]5O[C@H](COP(=O)(O)O)[C@H](O)[C@@H](O)[C@@H]5O)CC[C@]4(C)[C@H]3CC[C@]12C. The Balaban J connectivity index is 1.20. The van der Waals surface area contributed by atoms with E-state index in [1.54, 1.807) is 0 Å². The van der Waals surface area contributed by atoms with Crippen molar-refractivity contribution in [2.45, 2.75) is 142 Å². The molecular formula is C33H58O12P2. The fourth-order valence-corrected chi connectivity index (χ4v) is 11.8. The Labute approximate surface area is 279 Å². The van der Waals surface area contributed by atoms with E-state index in [9.17, 15) is 29.3 Å². The van der Waals surface area contributed by atoms with Crippen LogP contribution in [0.1, 0.15) is 105 Å². The van der Waals surface area contributed by atoms with E-state index in [2.05, 4.69) is 45.2 Å². The second-order valence-corrected chi connectivity index (χ2v) is 18.7. The number of phosphoric ester groups is 2. The number of ether oxygens (including phenoxy) is 1. The lowest BCUT2D eigenvalue weighted by Crippen LogP contribution is -2.59. The molecule has 5 rings (SSSR count). The topological polar surface area (TPSA) is 192 Å². The van der Waals surface area contributed by atoms with Gasteiger partial charge in [-0.3, -0.25) is 13.6 Å². The van der Waals surface area contributed by atoms with Crippen molar-refractivity contribution < 1.29 is 57.4 Å². The number of aliphatic hydroxyl groups is 3. The molecular weight excluding hydrogens is 650 g/mol. The highest BCUT2D eigenvalue weighted by atomic mass is 31.2. The van der Waals surface area contributed by atoms with Crippen molar-refractivity contribution in [3.8, 4) is 0 Å². The Kier molecular flexibility index (Phi) is 11.7. The highest BCUT2D eigenvalue weighted by Crippen LogP contribution is 2.68. The van der Waals surface area contributed by atoms with Crippen LogP contribution in [-0.2, 0) is 27.4 Å². The fourth-order valence-electron chi connectivity index (χ4n) is 10.4. The van der Waals surface area contributed by atoms with Gasteiger partial charge < -0.3 is 34.7 Å². The molecule has 1 saturated heterocycles. The maximum Gasteiger partial charge on any atom is 0.474 e. The molecule has 1 unspecified atom stereocenters. The van der Waals surface area contributed by atoms with Crippen molar-refractivity contribution in [2.75, 3.05) is 6.61 Å². The Morgan fingerprint density at radius 1 is 0.915 bits per heavy atom. The first-order valence-corrected chi connectivity index (χ1v) is 20.7. The first-order chi connectivity index (χ1) is 21.8. The molecule has 14 atom stereocenters. The normalized spacial score (nSPS) is 44.2. The van der Waals surface area contributed by atoms with Crippen LogP contribution in [0.25, 0.3) is 0 Å². The van der Waals surface area contributed by atoms with Crippen molar-refractivity contribution in [3.63, 3.8) is 0 Å². The number of phosphoric acid groups is 2. The molecule has 3 saturated carbocycles. The lowest BCUT2D eigenvalue weighted by Gasteiger charge is -2.58. The summed E-state index contributed by atoms with van der Waals surface area (Å²) in [5, 5.41) is 30.7. The van der Waals surface area contributed by atoms with Crippen molar-refractivity contribution >= 4 is 15.6 Å². The molecule has 1 aliphatic heterocycles. The minimum Gasteiger partial charge on any atom is -0.387 e. The molecule has 14 heteroatoms. The van der Waals surface area contributed by atoms with Crippen LogP contribution in [0.15, 0.2) is 11.6 Å². The number of aliphatic hydroxyl groups excluding tert-OH is 3. The van der Waals surface area contributed by atoms with Crippen LogP contribution in [0.4, 0.5) is 0 Å². The predicted molar refractivity (Wildman–Crippen MR) is 174 cm³/mol. The molecule has 272 valence electrons. The van der Waals surface area contributed by atoms with Crippen LogP contribution in [0.2, 0.25) is 0 Å². The van der Waals surface area contributed by atoms with E-state index >= 15 is 0 Å². The van der Waals surface area contributed by atoms with Gasteiger partial charge in [0, 0.05) is 0 Å². The van der Waals surface area contributed by atoms with Crippen molar-refractivity contribution in [2.24, 2.45) is 46.3 Å². The van der Waals surface area contributed by atoms with E-state index in [1.165, 1.54) is 50.5 Å². The average Bonchev–Trinajstić information content (AvgIpc) is 3.33. The van der Waals surface area contributed by atoms with Crippen molar-refractivity contribution in [3.05, 3.63) is 11.6 Å². The first-order valence-electron chi connectivity index (χ1n) is 17.6. The molecule has 4 fully saturated rings. The van der Waals surface area contributed by atoms with Gasteiger partial charge in [0.2, 0.25) is 0 Å². The fraction of sp³-hybridized carbons (Fsp3) is 0.939. The summed E-state index contributed by atoms with van der Waals surface area (Å²) in [6.07, 6.45) is 4.58. The highest BCUT2D eigenvalue weighted by molar-refractivity contribution is 7.47. The summed E-state index contributed by atoms with van der Waals surface area (Å²) >= 11 is 0. The third-order valence-electron chi connectivity index (χ3n) is 12.9. The second-order valence-electron chi connectivity index (χ2n) is 16.1. The van der Waals surface area contributed by atoms with Gasteiger partial charge >= 0.3 is 15.6 Å². The molecule has 0 radical (unpaired) electrons. The zero-order chi connectivity index (χ0) is 34.5. The standard InChI is InChI=1S/C33H58O12P2/c1-19(2)7-6-8-20(3)24-11-12-25-23-10-9-21-17-22(13-15-32(21,4)26(23)14-16-33(24,25)5)44-47(40,41)45-31-30(36)29(35)28(34)27(43-31)18-42-46(37,38)39/h9,19-20,22-31,34-36H,6-8,10-18H2,1-5H3,(H,40,41)(H2,37,38,39)/t20-,22+,23+,24-,25+,26+,27-,28+,29-,30+,31-,32+,33-/m1/s1. The average molecular weight is 709 g/mol. The van der Waals surface area contributed by atoms with Crippen LogP contribution in [0.3, 0.4) is 0 Å². The van der Waals surface area contributed by atoms with Crippen LogP contribution in [0.5, 0.6) is 0 Å². The molecule has 0 spiro atoms. The zero-order valence-corrected chi connectivity index (χ0v) is 30.3. The number of hydrogen-bond donors (Lipinski definition) is 6. The van der Waals surface area contributed by atoms with Gasteiger partial charge in [-0.2, -0.15) is 0 Å². The third-order valence-corrected chi connectivity index (χ3v) is 14.4. The van der Waals surface area contributed by atoms with Crippen LogP contribution >= 0.6 is 15.6 Å². The number of fused-ring (bicyclic) bond motifs is 5. The van der Waals surface area contributed by atoms with E-state index in [1.807, 2.05) is 0 Å². The van der Waals surface area contributed by atoms with E-state index in [0.717, 1.165) is 36.5 Å². The molecule has 0 aromatic heterocycles. The molecule has 4 aliphatic carbocycles. The van der Waals surface area contributed by atoms with E-state index in [-0.39, 0.29) is 5.41 Å². The lowest BCUT2D eigenvalue weighted by atomic mass is 9.47. The highest BCUT2D eigenvalue weighted by Gasteiger charge is 2.59. The molecule has 5 aliphatic rings. The van der Waals surface area contributed by atoms with Crippen LogP contribution < -0.4 is 0 Å². The van der Waals surface area contributed by atoms with Crippen LogP contribution in [0, 0.1) is 46.3 Å². The first kappa shape index (κ1) is 38.0. The van der Waals surface area contributed by atoms with Crippen molar-refractivity contribution in [1.29, 1.82) is 0 Å². The Bertz CT molecular complexity index is 1220. The molecule has 0 bridgehead atoms. The van der Waals surface area contributed by atoms with Crippen LogP contribution in [-0.4, -0.2) is 73.4 Å². The number of allylic oxidation sites excluding steroid dienone is 1. The van der Waals surface area contributed by atoms with Crippen molar-refractivity contribution in [1.82, 2.24) is 0 Å². The zero-order valence-electron chi connectivity index (χ0n) is 28.5. The molecule has 6 N–H and O–H groups in total. The Hall–Kier alpha value is -0.200. The largest absolute Gasteiger partial charge is 0.474 e. The predicted octanol–water partition coefficient (Wildman–Crippen LogP) is 5.45. The monoisotopic (exact) mass is 708 g/mol. The summed E-state index contributed by atoms with van der Waals surface area (Å²) in [6.45, 7) is 11.2. The smallest absolute Gasteiger partial charge is 0.387 e.